The molecule has 0 saturated carbocycles. The van der Waals surface area contributed by atoms with Crippen molar-refractivity contribution in [2.75, 3.05) is 0 Å². The maximum atomic E-state index is 8.33. The first kappa shape index (κ1) is 408. The molecule has 0 rings (SSSR count). The fraction of sp³-hybridized carbons (Fsp3) is 0. The molecule has 22 N–H and O–H groups in total. The smallest absolute Gasteiger partial charge is 0.870 e. The second-order valence-corrected chi connectivity index (χ2v) is 4.00. The van der Waals surface area contributed by atoms with Gasteiger partial charge in [-0.15, -0.1) is 0 Å². The van der Waals surface area contributed by atoms with Crippen LogP contribution in [0.25, 0.3) is 0 Å². The van der Waals surface area contributed by atoms with Crippen molar-refractivity contribution in [2.24, 2.45) is 0 Å². The fourth-order valence-electron chi connectivity index (χ4n) is 0. The molecule has 596 valence electrons. The van der Waals surface area contributed by atoms with Crippen LogP contribution in [-0.2, 0) is 149 Å². The average molecular weight is 3720 g/mol. The molecule has 0 aliphatic carbocycles. The number of hydrogen-bond acceptors (Lipinski definition) is 64. The normalized spacial score (nSPS) is 3.80. The zero-order valence-corrected chi connectivity index (χ0v) is 91.5. The van der Waals surface area contributed by atoms with Gasteiger partial charge in [0.25, 0.3) is 0 Å². The maximum absolute atomic E-state index is 8.33. The van der Waals surface area contributed by atoms with Gasteiger partial charge in [-0.05, 0) is 98.5 Å². The van der Waals surface area contributed by atoms with Crippen molar-refractivity contribution < 1.29 is 857 Å². The van der Waals surface area contributed by atoms with Crippen LogP contribution in [0.5, 0.6) is 0 Å². The Balaban J connectivity index is -0.00000000466. The first-order valence-electron chi connectivity index (χ1n) is 9.80. The maximum Gasteiger partial charge on any atom is 3.00 e. The molecule has 0 aliphatic rings. The third kappa shape index (κ3) is 22700. The minimum atomic E-state index is -2.33. The second kappa shape index (κ2) is 397. The Labute approximate surface area is 1010 Å². The molecule has 0 spiro atoms. The van der Waals surface area contributed by atoms with Crippen molar-refractivity contribution in [1.82, 2.24) is 0 Å². The van der Waals surface area contributed by atoms with E-state index in [1.165, 1.54) is 0 Å². The molecule has 0 heterocycles. The topological polar surface area (TPSA) is 1590 Å². The molecule has 0 saturated heterocycles. The molecule has 67 nitrogen and oxygen atoms in total. The van der Waals surface area contributed by atoms with Gasteiger partial charge in [0.2, 0.25) is 0 Å². The van der Waals surface area contributed by atoms with E-state index >= 15 is 0 Å². The van der Waals surface area contributed by atoms with Crippen molar-refractivity contribution in [1.29, 1.82) is 0 Å². The van der Waals surface area contributed by atoms with Gasteiger partial charge in [0.05, 0.1) is 0 Å². The van der Waals surface area contributed by atoms with Crippen molar-refractivity contribution in [3.05, 3.63) is 0 Å². The van der Waals surface area contributed by atoms with Gasteiger partial charge >= 0.3 is 595 Å². The summed E-state index contributed by atoms with van der Waals surface area (Å²) in [7, 11) is 0. The SMILES string of the molecule is O.O.O.O=C([O-])[O-].O=C([O-])[O-].O=C([O-])[O-].O=C([O-])[O-].O=C([O-])[O-].O=C([O-])[O-].O=C([O-])[O-].O=C([O-])[O-].O=C([O-])[O-].O=C([O-])[O-].O=C([O-])[O-].O=C([O-])[O-].O=C([O-])[O-].O=C([O-])[O-].O=C([O-])[O-].O=C([O-])[O-].[Cu+2].[Cu+2].[Cu+2].[Gd+3].[Gd+3].[Gd+3].[Nd+3].[Nd+3].[Nd+3].[OH-].[OH-].[OH-].[OH-].[OH-].[OH-].[OH-].[OH-].[OH-].[OH-].[OH-].[OH-].[OH-].[OH-].[OH-].[OH-].[Pb+2].[Pb+2].[Pb+2].[Sm+3].[Sm+3].[Sm+3].[Y+3].[Y+3].[Y+3]. The Hall–Kier alpha value is 7.24. The molecule has 85 heteroatoms. The van der Waals surface area contributed by atoms with E-state index in [9.17, 15) is 0 Å². The van der Waals surface area contributed by atoms with E-state index in [0.717, 1.165) is 0 Å². The van der Waals surface area contributed by atoms with Crippen LogP contribution in [0.4, 0.5) is 76.7 Å². The molecule has 0 amide bonds. The summed E-state index contributed by atoms with van der Waals surface area (Å²) in [4.78, 5) is 133. The van der Waals surface area contributed by atoms with Crippen molar-refractivity contribution in [2.45, 2.75) is 0 Å². The number of carbonyl (C=O) groups is 16. The van der Waals surface area contributed by atoms with Crippen LogP contribution in [-0.4, -0.2) is 284 Å². The largest absolute Gasteiger partial charge is 3.00 e. The third-order valence-electron chi connectivity index (χ3n) is 0. The van der Waals surface area contributed by atoms with Crippen LogP contribution < -0.4 is 163 Å². The van der Waals surface area contributed by atoms with E-state index in [-0.39, 0.29) is 699 Å². The molecule has 0 aromatic carbocycles. The Morgan fingerprint density at radius 2 is 0.139 bits per heavy atom. The Morgan fingerprint density at radius 3 is 0.139 bits per heavy atom. The molecular weight excluding hydrogens is 3700 g/mol. The van der Waals surface area contributed by atoms with Crippen LogP contribution in [0.2, 0.25) is 0 Å². The number of carbonyl (C=O) groups excluding carboxylic acids is 16. The number of rotatable bonds is 0. The van der Waals surface area contributed by atoms with Gasteiger partial charge in [0, 0.05) is 0 Å². The summed E-state index contributed by atoms with van der Waals surface area (Å²) in [5.41, 5.74) is 0. The Bertz CT molecular complexity index is 926. The summed E-state index contributed by atoms with van der Waals surface area (Å²) in [6.45, 7) is 0. The minimum absolute atomic E-state index is 0. The fourth-order valence-corrected chi connectivity index (χ4v) is 0. The predicted molar refractivity (Wildman–Crippen MR) is 145 cm³/mol. The molecule has 0 aromatic heterocycles. The summed E-state index contributed by atoms with van der Waals surface area (Å²) >= 11 is 0. The van der Waals surface area contributed by atoms with Gasteiger partial charge in [0.15, 0.2) is 0 Å². The average Bonchev–Trinajstić information content (AvgIpc) is 2.83. The number of hydrogen-bond donors (Lipinski definition) is 0. The summed E-state index contributed by atoms with van der Waals surface area (Å²) in [5.74, 6) is 0. The third-order valence-corrected chi connectivity index (χ3v) is 0. The van der Waals surface area contributed by atoms with Crippen LogP contribution in [0, 0.1) is 364 Å². The zero-order valence-electron chi connectivity index (χ0n) is 44.2. The van der Waals surface area contributed by atoms with E-state index in [0.29, 0.717) is 0 Å². The molecule has 0 aromatic rings. The molecule has 0 atom stereocenters. The summed E-state index contributed by atoms with van der Waals surface area (Å²) in [5, 5.41) is 267. The summed E-state index contributed by atoms with van der Waals surface area (Å²) in [6, 6.07) is 0. The van der Waals surface area contributed by atoms with Gasteiger partial charge in [0.1, 0.15) is 0 Å². The monoisotopic (exact) mass is 3720 g/mol. The van der Waals surface area contributed by atoms with E-state index in [1.807, 2.05) is 0 Å². The van der Waals surface area contributed by atoms with Gasteiger partial charge in [-0.2, -0.15) is 0 Å². The van der Waals surface area contributed by atoms with Crippen LogP contribution in [0.1, 0.15) is 0 Å². The van der Waals surface area contributed by atoms with Gasteiger partial charge in [-0.25, -0.2) is 0 Å². The van der Waals surface area contributed by atoms with Crippen LogP contribution in [0.3, 0.4) is 0 Å². The minimum Gasteiger partial charge on any atom is -0.870 e. The first-order valence-corrected chi connectivity index (χ1v) is 9.80. The van der Waals surface area contributed by atoms with E-state index in [4.69, 9.17) is 240 Å². The van der Waals surface area contributed by atoms with E-state index in [2.05, 4.69) is 0 Å². The molecule has 0 fully saturated rings. The van der Waals surface area contributed by atoms with Gasteiger partial charge < -0.3 is 344 Å². The first-order chi connectivity index (χ1) is 27.7. The van der Waals surface area contributed by atoms with Crippen LogP contribution in [0.15, 0.2) is 0 Å². The molecule has 0 aliphatic heterocycles. The van der Waals surface area contributed by atoms with Gasteiger partial charge in [-0.3, -0.25) is 0 Å². The van der Waals surface area contributed by atoms with Crippen LogP contribution >= 0.6 is 0 Å². The molecule has 0 bridgehead atoms. The standard InChI is InChI=1S/16CH2O3.3Cu.3Gd.3Nd.19H2O.3Pb.3Sm.3Y/c16*2-1(3)4;;;;;;;;;;;;;;;;;;;;;;;;;;;;;;;;;;;;;/h16*(H2,2,3,4);;;;;;;;;;19*1H2;;;;;;;;;/q;;;;;;;;;;;;;;;;3*+2;6*+3;;;;;;;;;;;;;;;;;;;;3*+2;6*+3/p-48. The predicted octanol–water partition coefficient (Wildman–Crippen LogP) is -45.6. The molecular formula is C16H22Cu3Gd3Nd3O67Pb3Sm3Y3. The Kier molecular flexibility index (Phi) is 1600. The van der Waals surface area contributed by atoms with E-state index in [1.54, 1.807) is 0 Å². The van der Waals surface area contributed by atoms with Crippen molar-refractivity contribution in [3.8, 4) is 0 Å². The van der Waals surface area contributed by atoms with Crippen molar-refractivity contribution >= 4 is 180 Å². The van der Waals surface area contributed by atoms with E-state index < -0.39 is 98.5 Å². The summed E-state index contributed by atoms with van der Waals surface area (Å²) < 4.78 is 0. The summed E-state index contributed by atoms with van der Waals surface area (Å²) in [6.07, 6.45) is -37.3. The molecule has 101 heavy (non-hydrogen) atoms. The second-order valence-electron chi connectivity index (χ2n) is 4.00. The molecule has 18 radical (unpaired) electrons. The quantitative estimate of drug-likeness (QED) is 0.203. The zero-order chi connectivity index (χ0) is 57.2. The molecule has 0 unspecified atom stereocenters. The van der Waals surface area contributed by atoms with Gasteiger partial charge in [-0.1, -0.05) is 0 Å². The van der Waals surface area contributed by atoms with Crippen molar-refractivity contribution in [3.63, 3.8) is 0 Å². The number of carboxylic acid groups (broad SMARTS) is 32. The Morgan fingerprint density at radius 1 is 0.139 bits per heavy atom.